The summed E-state index contributed by atoms with van der Waals surface area (Å²) in [5.41, 5.74) is 3.07. The SMILES string of the molecule is Cc1nn(Cn2ccc(C(=O)Nc3ccn(Cc4ccc(F)cc4)n3)n2)c(C)c1Br. The van der Waals surface area contributed by atoms with Gasteiger partial charge in [0.1, 0.15) is 12.5 Å². The number of hydrogen-bond acceptors (Lipinski definition) is 4. The summed E-state index contributed by atoms with van der Waals surface area (Å²) in [7, 11) is 0. The molecular formula is C20H19BrFN7O. The summed E-state index contributed by atoms with van der Waals surface area (Å²) in [6.07, 6.45) is 3.48. The average molecular weight is 472 g/mol. The molecule has 0 aliphatic rings. The molecular weight excluding hydrogens is 453 g/mol. The van der Waals surface area contributed by atoms with Crippen molar-refractivity contribution in [2.45, 2.75) is 27.1 Å². The molecule has 0 radical (unpaired) electrons. The summed E-state index contributed by atoms with van der Waals surface area (Å²) in [5, 5.41) is 15.8. The van der Waals surface area contributed by atoms with Gasteiger partial charge in [-0.25, -0.2) is 9.07 Å². The van der Waals surface area contributed by atoms with Crippen molar-refractivity contribution < 1.29 is 9.18 Å². The molecule has 0 atom stereocenters. The molecule has 3 heterocycles. The Bertz CT molecular complexity index is 1190. The van der Waals surface area contributed by atoms with Crippen LogP contribution in [0.4, 0.5) is 10.2 Å². The van der Waals surface area contributed by atoms with Crippen molar-refractivity contribution in [3.63, 3.8) is 0 Å². The van der Waals surface area contributed by atoms with E-state index in [2.05, 4.69) is 36.5 Å². The predicted molar refractivity (Wildman–Crippen MR) is 113 cm³/mol. The van der Waals surface area contributed by atoms with E-state index >= 15 is 0 Å². The van der Waals surface area contributed by atoms with Gasteiger partial charge >= 0.3 is 0 Å². The Morgan fingerprint density at radius 2 is 1.77 bits per heavy atom. The fraction of sp³-hybridized carbons (Fsp3) is 0.200. The molecule has 1 amide bonds. The monoisotopic (exact) mass is 471 g/mol. The van der Waals surface area contributed by atoms with Crippen LogP contribution in [0.5, 0.6) is 0 Å². The van der Waals surface area contributed by atoms with Gasteiger partial charge in [0.05, 0.1) is 22.4 Å². The Hall–Kier alpha value is -3.27. The maximum absolute atomic E-state index is 13.0. The molecule has 4 aromatic rings. The van der Waals surface area contributed by atoms with E-state index < -0.39 is 0 Å². The second-order valence-electron chi connectivity index (χ2n) is 6.85. The summed E-state index contributed by atoms with van der Waals surface area (Å²) in [6, 6.07) is 9.55. The van der Waals surface area contributed by atoms with Crippen LogP contribution in [0.1, 0.15) is 27.4 Å². The number of benzene rings is 1. The molecule has 0 unspecified atom stereocenters. The number of rotatable bonds is 6. The number of carbonyl (C=O) groups excluding carboxylic acids is 1. The minimum absolute atomic E-state index is 0.280. The molecule has 4 rings (SSSR count). The Morgan fingerprint density at radius 1 is 1.03 bits per heavy atom. The van der Waals surface area contributed by atoms with E-state index in [1.165, 1.54) is 12.1 Å². The lowest BCUT2D eigenvalue weighted by Crippen LogP contribution is -2.16. The number of aromatic nitrogens is 6. The minimum Gasteiger partial charge on any atom is -0.304 e. The topological polar surface area (TPSA) is 82.6 Å². The zero-order valence-corrected chi connectivity index (χ0v) is 18.0. The lowest BCUT2D eigenvalue weighted by atomic mass is 10.2. The van der Waals surface area contributed by atoms with Crippen molar-refractivity contribution in [3.05, 3.63) is 81.7 Å². The lowest BCUT2D eigenvalue weighted by Gasteiger charge is -2.04. The lowest BCUT2D eigenvalue weighted by molar-refractivity contribution is 0.102. The molecule has 0 aliphatic heterocycles. The second kappa shape index (κ2) is 8.23. The maximum Gasteiger partial charge on any atom is 0.277 e. The normalized spacial score (nSPS) is 11.1. The van der Waals surface area contributed by atoms with Crippen LogP contribution in [0.15, 0.2) is 53.3 Å². The fourth-order valence-electron chi connectivity index (χ4n) is 2.99. The minimum atomic E-state index is -0.352. The Morgan fingerprint density at radius 3 is 2.47 bits per heavy atom. The van der Waals surface area contributed by atoms with E-state index in [-0.39, 0.29) is 17.4 Å². The van der Waals surface area contributed by atoms with E-state index in [4.69, 9.17) is 0 Å². The van der Waals surface area contributed by atoms with Gasteiger partial charge < -0.3 is 5.32 Å². The molecule has 8 nitrogen and oxygen atoms in total. The molecule has 0 saturated carbocycles. The van der Waals surface area contributed by atoms with Crippen LogP contribution in [-0.2, 0) is 13.2 Å². The van der Waals surface area contributed by atoms with Gasteiger partial charge in [-0.3, -0.25) is 14.2 Å². The van der Waals surface area contributed by atoms with Crippen molar-refractivity contribution >= 4 is 27.7 Å². The Labute approximate surface area is 180 Å². The fourth-order valence-corrected chi connectivity index (χ4v) is 3.27. The number of aryl methyl sites for hydroxylation is 1. The zero-order chi connectivity index (χ0) is 21.3. The van der Waals surface area contributed by atoms with Crippen LogP contribution in [0, 0.1) is 19.7 Å². The van der Waals surface area contributed by atoms with Crippen LogP contribution >= 0.6 is 15.9 Å². The standard InChI is InChI=1S/C20H19BrFN7O/c1-13-19(21)14(2)29(24-13)12-28-9-7-17(25-28)20(30)23-18-8-10-27(26-18)11-15-3-5-16(22)6-4-15/h3-10H,11-12H2,1-2H3,(H,23,26,30). The van der Waals surface area contributed by atoms with Crippen LogP contribution in [0.3, 0.4) is 0 Å². The second-order valence-corrected chi connectivity index (χ2v) is 7.64. The number of amides is 1. The first-order chi connectivity index (χ1) is 14.4. The first-order valence-corrected chi connectivity index (χ1v) is 10.0. The number of anilines is 1. The van der Waals surface area contributed by atoms with E-state index in [0.717, 1.165) is 21.4 Å². The number of halogens is 2. The molecule has 0 bridgehead atoms. The molecule has 3 aromatic heterocycles. The van der Waals surface area contributed by atoms with Gasteiger partial charge in [-0.15, -0.1) is 0 Å². The first kappa shape index (κ1) is 20.0. The van der Waals surface area contributed by atoms with E-state index in [1.54, 1.807) is 46.0 Å². The number of nitrogens with one attached hydrogen (secondary N) is 1. The van der Waals surface area contributed by atoms with Gasteiger partial charge in [-0.05, 0) is 53.5 Å². The highest BCUT2D eigenvalue weighted by Gasteiger charge is 2.13. The third kappa shape index (κ3) is 4.33. The van der Waals surface area contributed by atoms with E-state index in [1.807, 2.05) is 18.5 Å². The first-order valence-electron chi connectivity index (χ1n) is 9.21. The molecule has 0 fully saturated rings. The van der Waals surface area contributed by atoms with Gasteiger partial charge in [0.2, 0.25) is 0 Å². The third-order valence-corrected chi connectivity index (χ3v) is 5.73. The molecule has 1 aromatic carbocycles. The summed E-state index contributed by atoms with van der Waals surface area (Å²) in [6.45, 7) is 4.76. The molecule has 0 spiro atoms. The van der Waals surface area contributed by atoms with Crippen molar-refractivity contribution in [1.82, 2.24) is 29.3 Å². The maximum atomic E-state index is 13.0. The number of nitrogens with zero attached hydrogens (tertiary/aromatic N) is 6. The summed E-state index contributed by atoms with van der Waals surface area (Å²) >= 11 is 3.50. The van der Waals surface area contributed by atoms with Gasteiger partial charge in [0.15, 0.2) is 11.5 Å². The van der Waals surface area contributed by atoms with Gasteiger partial charge in [0, 0.05) is 18.5 Å². The van der Waals surface area contributed by atoms with Crippen LogP contribution < -0.4 is 5.32 Å². The van der Waals surface area contributed by atoms with Gasteiger partial charge in [-0.1, -0.05) is 12.1 Å². The van der Waals surface area contributed by atoms with Crippen LogP contribution in [0.25, 0.3) is 0 Å². The predicted octanol–water partition coefficient (Wildman–Crippen LogP) is 3.60. The molecule has 10 heteroatoms. The highest BCUT2D eigenvalue weighted by atomic mass is 79.9. The molecule has 154 valence electrons. The highest BCUT2D eigenvalue weighted by molar-refractivity contribution is 9.10. The summed E-state index contributed by atoms with van der Waals surface area (Å²) in [5.74, 6) is -0.216. The zero-order valence-electron chi connectivity index (χ0n) is 16.4. The van der Waals surface area contributed by atoms with Crippen molar-refractivity contribution in [2.75, 3.05) is 5.32 Å². The third-order valence-electron chi connectivity index (χ3n) is 4.59. The van der Waals surface area contributed by atoms with Gasteiger partial charge in [-0.2, -0.15) is 15.3 Å². The molecule has 1 N–H and O–H groups in total. The van der Waals surface area contributed by atoms with Crippen molar-refractivity contribution in [1.29, 1.82) is 0 Å². The van der Waals surface area contributed by atoms with Gasteiger partial charge in [0.25, 0.3) is 5.91 Å². The average Bonchev–Trinajstić information content (AvgIpc) is 3.42. The Balaban J connectivity index is 1.39. The smallest absolute Gasteiger partial charge is 0.277 e. The number of hydrogen-bond donors (Lipinski definition) is 1. The van der Waals surface area contributed by atoms with Crippen molar-refractivity contribution in [3.8, 4) is 0 Å². The molecule has 0 aliphatic carbocycles. The number of carbonyl (C=O) groups is 1. The molecule has 30 heavy (non-hydrogen) atoms. The Kier molecular flexibility index (Phi) is 5.49. The quantitative estimate of drug-likeness (QED) is 0.465. The van der Waals surface area contributed by atoms with Crippen LogP contribution in [0.2, 0.25) is 0 Å². The summed E-state index contributed by atoms with van der Waals surface area (Å²) < 4.78 is 19.1. The van der Waals surface area contributed by atoms with E-state index in [9.17, 15) is 9.18 Å². The summed E-state index contributed by atoms with van der Waals surface area (Å²) in [4.78, 5) is 12.5. The molecule has 0 saturated heterocycles. The van der Waals surface area contributed by atoms with Crippen molar-refractivity contribution in [2.24, 2.45) is 0 Å². The highest BCUT2D eigenvalue weighted by Crippen LogP contribution is 2.19. The van der Waals surface area contributed by atoms with Crippen LogP contribution in [-0.4, -0.2) is 35.2 Å². The largest absolute Gasteiger partial charge is 0.304 e. The van der Waals surface area contributed by atoms with E-state index in [0.29, 0.717) is 19.0 Å².